The number of tetrazole rings is 1. The number of rotatable bonds is 1. The number of hydrogen-bond acceptors (Lipinski definition) is 6. The van der Waals surface area contributed by atoms with E-state index >= 15 is 0 Å². The lowest BCUT2D eigenvalue weighted by atomic mass is 10.1. The first-order valence-corrected chi connectivity index (χ1v) is 6.11. The molecule has 0 N–H and O–H groups in total. The predicted octanol–water partition coefficient (Wildman–Crippen LogP) is 0.846. The van der Waals surface area contributed by atoms with Crippen LogP contribution in [0.25, 0.3) is 22.8 Å². The number of aromatic nitrogens is 8. The number of benzene rings is 1. The van der Waals surface area contributed by atoms with Gasteiger partial charge >= 0.3 is 0 Å². The molecular formula is C12H10N8. The summed E-state index contributed by atoms with van der Waals surface area (Å²) in [6, 6.07) is 8.07. The fourth-order valence-corrected chi connectivity index (χ4v) is 2.16. The van der Waals surface area contributed by atoms with E-state index in [2.05, 4.69) is 30.8 Å². The van der Waals surface area contributed by atoms with Crippen molar-refractivity contribution in [1.29, 1.82) is 0 Å². The third-order valence-electron chi connectivity index (χ3n) is 3.18. The molecule has 0 saturated carbocycles. The van der Waals surface area contributed by atoms with Crippen LogP contribution in [0.15, 0.2) is 24.3 Å². The second-order valence-electron chi connectivity index (χ2n) is 4.60. The number of nitrogens with zero attached hydrogens (tertiary/aromatic N) is 8. The van der Waals surface area contributed by atoms with E-state index in [9.17, 15) is 0 Å². The van der Waals surface area contributed by atoms with E-state index < -0.39 is 0 Å². The van der Waals surface area contributed by atoms with Crippen molar-refractivity contribution in [3.05, 3.63) is 35.5 Å². The Kier molecular flexibility index (Phi) is 2.08. The van der Waals surface area contributed by atoms with Gasteiger partial charge < -0.3 is 0 Å². The molecule has 0 amide bonds. The maximum absolute atomic E-state index is 4.25. The summed E-state index contributed by atoms with van der Waals surface area (Å²) >= 11 is 0. The monoisotopic (exact) mass is 266 g/mol. The summed E-state index contributed by atoms with van der Waals surface area (Å²) in [6.45, 7) is 3.89. The lowest BCUT2D eigenvalue weighted by molar-refractivity contribution is 0.713. The summed E-state index contributed by atoms with van der Waals surface area (Å²) in [5.74, 6) is 1.19. The van der Waals surface area contributed by atoms with Gasteiger partial charge in [-0.05, 0) is 24.3 Å². The van der Waals surface area contributed by atoms with Crippen LogP contribution in [0.1, 0.15) is 11.3 Å². The Morgan fingerprint density at radius 1 is 0.950 bits per heavy atom. The van der Waals surface area contributed by atoms with Crippen LogP contribution in [-0.4, -0.2) is 39.9 Å². The predicted molar refractivity (Wildman–Crippen MR) is 70.0 cm³/mol. The molecule has 0 radical (unpaired) electrons. The van der Waals surface area contributed by atoms with Crippen LogP contribution >= 0.6 is 0 Å². The molecular weight excluding hydrogens is 256 g/mol. The van der Waals surface area contributed by atoms with E-state index in [1.54, 1.807) is 0 Å². The highest BCUT2D eigenvalue weighted by Crippen LogP contribution is 2.20. The van der Waals surface area contributed by atoms with Crippen LogP contribution in [0.3, 0.4) is 0 Å². The van der Waals surface area contributed by atoms with Crippen molar-refractivity contribution >= 4 is 11.4 Å². The van der Waals surface area contributed by atoms with Crippen molar-refractivity contribution in [2.45, 2.75) is 13.8 Å². The third kappa shape index (κ3) is 1.41. The molecule has 4 aromatic rings. The van der Waals surface area contributed by atoms with Gasteiger partial charge in [0, 0.05) is 5.56 Å². The summed E-state index contributed by atoms with van der Waals surface area (Å²) in [5, 5.41) is 24.1. The first kappa shape index (κ1) is 11.0. The van der Waals surface area contributed by atoms with Gasteiger partial charge in [-0.2, -0.15) is 0 Å². The van der Waals surface area contributed by atoms with E-state index in [1.165, 1.54) is 10.2 Å². The maximum Gasteiger partial charge on any atom is 0.279 e. The van der Waals surface area contributed by atoms with E-state index in [0.29, 0.717) is 17.2 Å². The van der Waals surface area contributed by atoms with Crippen molar-refractivity contribution in [2.75, 3.05) is 0 Å². The van der Waals surface area contributed by atoms with E-state index in [-0.39, 0.29) is 0 Å². The Morgan fingerprint density at radius 2 is 1.75 bits per heavy atom. The quantitative estimate of drug-likeness (QED) is 0.507. The minimum atomic E-state index is 0.492. The van der Waals surface area contributed by atoms with Gasteiger partial charge in [-0.25, -0.2) is 4.40 Å². The zero-order chi connectivity index (χ0) is 13.7. The van der Waals surface area contributed by atoms with Gasteiger partial charge in [-0.15, -0.1) is 15.3 Å². The second kappa shape index (κ2) is 3.80. The molecule has 0 aliphatic carbocycles. The smallest absolute Gasteiger partial charge is 0.238 e. The molecule has 0 spiro atoms. The Hall–Kier alpha value is -2.90. The zero-order valence-electron chi connectivity index (χ0n) is 10.9. The van der Waals surface area contributed by atoms with E-state index in [1.807, 2.05) is 42.5 Å². The molecule has 20 heavy (non-hydrogen) atoms. The van der Waals surface area contributed by atoms with Gasteiger partial charge in [0.15, 0.2) is 11.5 Å². The minimum absolute atomic E-state index is 0.492. The van der Waals surface area contributed by atoms with Crippen LogP contribution < -0.4 is 0 Å². The van der Waals surface area contributed by atoms with E-state index in [4.69, 9.17) is 0 Å². The maximum atomic E-state index is 4.25. The van der Waals surface area contributed by atoms with Crippen LogP contribution in [-0.2, 0) is 0 Å². The lowest BCUT2D eigenvalue weighted by Crippen LogP contribution is -2.04. The first-order chi connectivity index (χ1) is 9.74. The molecule has 3 heterocycles. The van der Waals surface area contributed by atoms with Crippen LogP contribution in [0.4, 0.5) is 0 Å². The SMILES string of the molecule is Cc1ccc(-c2nnc3c(C)nn4nnnc4n23)cc1. The highest BCUT2D eigenvalue weighted by atomic mass is 15.6. The van der Waals surface area contributed by atoms with Crippen molar-refractivity contribution < 1.29 is 0 Å². The summed E-state index contributed by atoms with van der Waals surface area (Å²) in [4.78, 5) is 0. The normalized spacial score (nSPS) is 11.5. The number of aryl methyl sites for hydroxylation is 2. The van der Waals surface area contributed by atoms with Crippen LogP contribution in [0, 0.1) is 13.8 Å². The van der Waals surface area contributed by atoms with Crippen molar-refractivity contribution in [1.82, 2.24) is 39.9 Å². The van der Waals surface area contributed by atoms with Gasteiger partial charge in [0.05, 0.1) is 0 Å². The largest absolute Gasteiger partial charge is 0.279 e. The molecule has 8 nitrogen and oxygen atoms in total. The van der Waals surface area contributed by atoms with Crippen LogP contribution in [0.2, 0.25) is 0 Å². The molecule has 0 aliphatic rings. The second-order valence-corrected chi connectivity index (χ2v) is 4.60. The molecule has 98 valence electrons. The highest BCUT2D eigenvalue weighted by Gasteiger charge is 2.16. The Bertz CT molecular complexity index is 918. The Balaban J connectivity index is 2.12. The average Bonchev–Trinajstić information content (AvgIpc) is 3.05. The fourth-order valence-electron chi connectivity index (χ4n) is 2.16. The molecule has 1 aromatic carbocycles. The third-order valence-corrected chi connectivity index (χ3v) is 3.18. The first-order valence-electron chi connectivity index (χ1n) is 6.11. The van der Waals surface area contributed by atoms with Crippen molar-refractivity contribution in [2.24, 2.45) is 0 Å². The topological polar surface area (TPSA) is 86.2 Å². The summed E-state index contributed by atoms with van der Waals surface area (Å²) in [7, 11) is 0. The molecule has 4 rings (SSSR count). The average molecular weight is 266 g/mol. The zero-order valence-corrected chi connectivity index (χ0v) is 10.9. The standard InChI is InChI=1S/C12H10N8/c1-7-3-5-9(6-4-7)11-14-13-10-8(2)16-20-12(19(10)11)15-17-18-20/h3-6H,1-2H3. The van der Waals surface area contributed by atoms with Crippen LogP contribution in [0.5, 0.6) is 0 Å². The molecule has 3 aromatic heterocycles. The lowest BCUT2D eigenvalue weighted by Gasteiger charge is -2.02. The van der Waals surface area contributed by atoms with Crippen molar-refractivity contribution in [3.8, 4) is 11.4 Å². The molecule has 0 aliphatic heterocycles. The molecule has 0 unspecified atom stereocenters. The molecule has 8 heteroatoms. The molecule has 0 saturated heterocycles. The van der Waals surface area contributed by atoms with Gasteiger partial charge in [-0.3, -0.25) is 0 Å². The fraction of sp³-hybridized carbons (Fsp3) is 0.167. The number of hydrogen-bond donors (Lipinski definition) is 0. The minimum Gasteiger partial charge on any atom is -0.238 e. The van der Waals surface area contributed by atoms with Gasteiger partial charge in [-0.1, -0.05) is 39.6 Å². The summed E-state index contributed by atoms with van der Waals surface area (Å²) < 4.78 is 3.19. The number of fused-ring (bicyclic) bond motifs is 3. The van der Waals surface area contributed by atoms with Gasteiger partial charge in [0.2, 0.25) is 0 Å². The summed E-state index contributed by atoms with van der Waals surface area (Å²) in [6.07, 6.45) is 0. The van der Waals surface area contributed by atoms with E-state index in [0.717, 1.165) is 11.3 Å². The highest BCUT2D eigenvalue weighted by molar-refractivity contribution is 5.63. The van der Waals surface area contributed by atoms with Crippen molar-refractivity contribution in [3.63, 3.8) is 0 Å². The van der Waals surface area contributed by atoms with Gasteiger partial charge in [0.25, 0.3) is 5.78 Å². The molecule has 0 atom stereocenters. The molecule has 0 fully saturated rings. The Morgan fingerprint density at radius 3 is 2.55 bits per heavy atom. The molecule has 0 bridgehead atoms. The van der Waals surface area contributed by atoms with Gasteiger partial charge in [0.1, 0.15) is 5.69 Å². The Labute approximate surface area is 113 Å². The summed E-state index contributed by atoms with van der Waals surface area (Å²) in [5.41, 5.74) is 3.52.